The van der Waals surface area contributed by atoms with E-state index in [2.05, 4.69) is 10.6 Å². The normalized spacial score (nSPS) is 17.2. The second kappa shape index (κ2) is 7.45. The molecule has 1 heterocycles. The molecule has 1 aliphatic rings. The minimum atomic E-state index is -0.939. The zero-order chi connectivity index (χ0) is 14.3. The minimum Gasteiger partial charge on any atom is -0.481 e. The molecule has 3 N–H and O–H groups in total. The van der Waals surface area contributed by atoms with Gasteiger partial charge in [0.25, 0.3) is 0 Å². The van der Waals surface area contributed by atoms with Crippen molar-refractivity contribution in [1.82, 2.24) is 10.6 Å². The van der Waals surface area contributed by atoms with Gasteiger partial charge in [-0.3, -0.25) is 9.59 Å². The average molecular weight is 272 g/mol. The highest BCUT2D eigenvalue weighted by Crippen LogP contribution is 2.13. The quantitative estimate of drug-likeness (QED) is 0.623. The first kappa shape index (κ1) is 15.9. The van der Waals surface area contributed by atoms with Crippen LogP contribution in [0.3, 0.4) is 0 Å². The van der Waals surface area contributed by atoms with Crippen molar-refractivity contribution in [2.75, 3.05) is 26.2 Å². The van der Waals surface area contributed by atoms with Crippen LogP contribution in [0.2, 0.25) is 0 Å². The van der Waals surface area contributed by atoms with Crippen molar-refractivity contribution in [3.05, 3.63) is 0 Å². The van der Waals surface area contributed by atoms with Gasteiger partial charge in [-0.25, -0.2) is 0 Å². The molecule has 1 rings (SSSR count). The summed E-state index contributed by atoms with van der Waals surface area (Å²) < 4.78 is 5.62. The van der Waals surface area contributed by atoms with Crippen LogP contribution < -0.4 is 10.6 Å². The smallest absolute Gasteiger partial charge is 0.310 e. The third kappa shape index (κ3) is 6.02. The highest BCUT2D eigenvalue weighted by molar-refractivity contribution is 5.78. The lowest BCUT2D eigenvalue weighted by Gasteiger charge is -2.23. The van der Waals surface area contributed by atoms with Crippen molar-refractivity contribution in [3.8, 4) is 0 Å². The Bertz CT molecular complexity index is 312. The van der Waals surface area contributed by atoms with E-state index in [9.17, 15) is 9.59 Å². The summed E-state index contributed by atoms with van der Waals surface area (Å²) >= 11 is 0. The summed E-state index contributed by atoms with van der Waals surface area (Å²) in [5, 5.41) is 14.8. The third-order valence-corrected chi connectivity index (χ3v) is 3.28. The molecule has 1 fully saturated rings. The summed E-state index contributed by atoms with van der Waals surface area (Å²) in [5.74, 6) is -1.08. The van der Waals surface area contributed by atoms with Gasteiger partial charge < -0.3 is 20.5 Å². The molecule has 110 valence electrons. The number of ether oxygens (including phenoxy) is 1. The van der Waals surface area contributed by atoms with Crippen molar-refractivity contribution in [3.63, 3.8) is 0 Å². The van der Waals surface area contributed by atoms with E-state index in [-0.39, 0.29) is 25.0 Å². The molecule has 19 heavy (non-hydrogen) atoms. The van der Waals surface area contributed by atoms with E-state index in [1.54, 1.807) is 13.8 Å². The molecule has 0 radical (unpaired) electrons. The molecule has 0 bridgehead atoms. The highest BCUT2D eigenvalue weighted by atomic mass is 16.5. The van der Waals surface area contributed by atoms with Crippen LogP contribution in [-0.4, -0.2) is 49.3 Å². The Kier molecular flexibility index (Phi) is 6.24. The third-order valence-electron chi connectivity index (χ3n) is 3.28. The number of piperidine rings is 1. The summed E-state index contributed by atoms with van der Waals surface area (Å²) in [6.07, 6.45) is 2.48. The zero-order valence-electron chi connectivity index (χ0n) is 11.7. The number of hydrogen-bond donors (Lipinski definition) is 3. The Balaban J connectivity index is 2.12. The second-order valence-corrected chi connectivity index (χ2v) is 5.54. The minimum absolute atomic E-state index is 0.133. The number of carboxylic acid groups (broad SMARTS) is 1. The van der Waals surface area contributed by atoms with Crippen LogP contribution in [0, 0.1) is 5.41 Å². The van der Waals surface area contributed by atoms with Gasteiger partial charge in [0.1, 0.15) is 0 Å². The fourth-order valence-electron chi connectivity index (χ4n) is 1.76. The van der Waals surface area contributed by atoms with Gasteiger partial charge >= 0.3 is 5.97 Å². The van der Waals surface area contributed by atoms with E-state index >= 15 is 0 Å². The average Bonchev–Trinajstić information content (AvgIpc) is 2.37. The van der Waals surface area contributed by atoms with Crippen LogP contribution in [0.15, 0.2) is 0 Å². The fraction of sp³-hybridized carbons (Fsp3) is 0.846. The molecule has 0 aromatic heterocycles. The van der Waals surface area contributed by atoms with Gasteiger partial charge in [0.15, 0.2) is 0 Å². The molecule has 6 nitrogen and oxygen atoms in total. The summed E-state index contributed by atoms with van der Waals surface area (Å²) in [6.45, 7) is 5.62. The molecular weight excluding hydrogens is 248 g/mol. The first-order valence-electron chi connectivity index (χ1n) is 6.74. The molecule has 0 aliphatic carbocycles. The maximum Gasteiger partial charge on any atom is 0.310 e. The molecule has 0 spiro atoms. The van der Waals surface area contributed by atoms with Gasteiger partial charge in [0.2, 0.25) is 5.91 Å². The summed E-state index contributed by atoms with van der Waals surface area (Å²) in [7, 11) is 0. The number of carbonyl (C=O) groups is 2. The molecule has 6 heteroatoms. The Labute approximate surface area is 113 Å². The van der Waals surface area contributed by atoms with Crippen molar-refractivity contribution in [2.45, 2.75) is 39.2 Å². The molecular formula is C13H24N2O4. The molecule has 1 aliphatic heterocycles. The van der Waals surface area contributed by atoms with Crippen LogP contribution in [0.25, 0.3) is 0 Å². The van der Waals surface area contributed by atoms with Crippen molar-refractivity contribution < 1.29 is 19.4 Å². The summed E-state index contributed by atoms with van der Waals surface area (Å²) in [6, 6.07) is 0. The molecule has 1 saturated heterocycles. The zero-order valence-corrected chi connectivity index (χ0v) is 11.7. The molecule has 0 aromatic rings. The van der Waals surface area contributed by atoms with E-state index in [1.807, 2.05) is 0 Å². The highest BCUT2D eigenvalue weighted by Gasteiger charge is 2.27. The first-order valence-corrected chi connectivity index (χ1v) is 6.74. The second-order valence-electron chi connectivity index (χ2n) is 5.54. The van der Waals surface area contributed by atoms with E-state index in [0.29, 0.717) is 6.61 Å². The SMILES string of the molecule is CC(C)(CNC(=O)CCOC1CCNCC1)C(=O)O. The maximum atomic E-state index is 11.6. The molecule has 0 saturated carbocycles. The van der Waals surface area contributed by atoms with Gasteiger partial charge in [-0.2, -0.15) is 0 Å². The number of nitrogens with one attached hydrogen (secondary N) is 2. The van der Waals surface area contributed by atoms with E-state index in [1.165, 1.54) is 0 Å². The van der Waals surface area contributed by atoms with Gasteiger partial charge in [-0.05, 0) is 39.8 Å². The van der Waals surface area contributed by atoms with Crippen LogP contribution >= 0.6 is 0 Å². The molecule has 0 atom stereocenters. The Morgan fingerprint density at radius 3 is 2.58 bits per heavy atom. The van der Waals surface area contributed by atoms with Gasteiger partial charge in [-0.15, -0.1) is 0 Å². The number of carbonyl (C=O) groups excluding carboxylic acids is 1. The standard InChI is InChI=1S/C13H24N2O4/c1-13(2,12(17)18)9-15-11(16)5-8-19-10-3-6-14-7-4-10/h10,14H,3-9H2,1-2H3,(H,15,16)(H,17,18). The summed E-state index contributed by atoms with van der Waals surface area (Å²) in [4.78, 5) is 22.4. The maximum absolute atomic E-state index is 11.6. The van der Waals surface area contributed by atoms with Gasteiger partial charge in [-0.1, -0.05) is 0 Å². The van der Waals surface area contributed by atoms with Crippen molar-refractivity contribution >= 4 is 11.9 Å². The Hall–Kier alpha value is -1.14. The fourth-order valence-corrected chi connectivity index (χ4v) is 1.76. The van der Waals surface area contributed by atoms with E-state index in [4.69, 9.17) is 9.84 Å². The lowest BCUT2D eigenvalue weighted by Crippen LogP contribution is -2.39. The monoisotopic (exact) mass is 272 g/mol. The Morgan fingerprint density at radius 2 is 2.00 bits per heavy atom. The van der Waals surface area contributed by atoms with E-state index in [0.717, 1.165) is 25.9 Å². The number of hydrogen-bond acceptors (Lipinski definition) is 4. The number of rotatable bonds is 7. The van der Waals surface area contributed by atoms with Crippen molar-refractivity contribution in [1.29, 1.82) is 0 Å². The van der Waals surface area contributed by atoms with Crippen molar-refractivity contribution in [2.24, 2.45) is 5.41 Å². The molecule has 0 unspecified atom stereocenters. The Morgan fingerprint density at radius 1 is 1.37 bits per heavy atom. The predicted molar refractivity (Wildman–Crippen MR) is 70.9 cm³/mol. The van der Waals surface area contributed by atoms with Crippen LogP contribution in [0.5, 0.6) is 0 Å². The largest absolute Gasteiger partial charge is 0.481 e. The van der Waals surface area contributed by atoms with Gasteiger partial charge in [0.05, 0.1) is 18.1 Å². The topological polar surface area (TPSA) is 87.7 Å². The van der Waals surface area contributed by atoms with E-state index < -0.39 is 11.4 Å². The number of aliphatic carboxylic acids is 1. The summed E-state index contributed by atoms with van der Waals surface area (Å²) in [5.41, 5.74) is -0.939. The predicted octanol–water partition coefficient (Wildman–Crippen LogP) is 0.372. The lowest BCUT2D eigenvalue weighted by atomic mass is 9.94. The van der Waals surface area contributed by atoms with Crippen LogP contribution in [-0.2, 0) is 14.3 Å². The lowest BCUT2D eigenvalue weighted by molar-refractivity contribution is -0.146. The van der Waals surface area contributed by atoms with Crippen LogP contribution in [0.4, 0.5) is 0 Å². The molecule has 1 amide bonds. The van der Waals surface area contributed by atoms with Gasteiger partial charge in [0, 0.05) is 13.0 Å². The van der Waals surface area contributed by atoms with Crippen LogP contribution in [0.1, 0.15) is 33.1 Å². The molecule has 0 aromatic carbocycles. The number of amides is 1. The first-order chi connectivity index (χ1) is 8.92. The number of carboxylic acids is 1.